The Labute approximate surface area is 132 Å². The topological polar surface area (TPSA) is 56.5 Å². The monoisotopic (exact) mass is 300 g/mol. The predicted octanol–water partition coefficient (Wildman–Crippen LogP) is 2.88. The minimum atomic E-state index is 0.392. The van der Waals surface area contributed by atoms with Crippen LogP contribution in [0.1, 0.15) is 12.5 Å². The van der Waals surface area contributed by atoms with Crippen LogP contribution in [-0.2, 0) is 6.42 Å². The van der Waals surface area contributed by atoms with Crippen molar-refractivity contribution < 1.29 is 9.47 Å². The van der Waals surface area contributed by atoms with Gasteiger partial charge in [0.15, 0.2) is 0 Å². The SMILES string of the molecule is COc1ccc(OCCNC(C)Cc2ccc(N)cc2)cc1. The Morgan fingerprint density at radius 2 is 1.64 bits per heavy atom. The molecule has 118 valence electrons. The number of hydrogen-bond acceptors (Lipinski definition) is 4. The van der Waals surface area contributed by atoms with Crippen LogP contribution in [-0.4, -0.2) is 26.3 Å². The van der Waals surface area contributed by atoms with Crippen LogP contribution in [0, 0.1) is 0 Å². The summed E-state index contributed by atoms with van der Waals surface area (Å²) >= 11 is 0. The normalized spacial score (nSPS) is 11.9. The quantitative estimate of drug-likeness (QED) is 0.581. The molecule has 1 unspecified atom stereocenters. The van der Waals surface area contributed by atoms with Gasteiger partial charge in [-0.05, 0) is 55.3 Å². The van der Waals surface area contributed by atoms with Crippen LogP contribution in [0.5, 0.6) is 11.5 Å². The predicted molar refractivity (Wildman–Crippen MR) is 90.5 cm³/mol. The van der Waals surface area contributed by atoms with Crippen molar-refractivity contribution in [3.8, 4) is 11.5 Å². The second-order valence-corrected chi connectivity index (χ2v) is 5.32. The maximum Gasteiger partial charge on any atom is 0.119 e. The van der Waals surface area contributed by atoms with Crippen LogP contribution in [0.3, 0.4) is 0 Å². The molecule has 0 heterocycles. The van der Waals surface area contributed by atoms with Gasteiger partial charge in [0.2, 0.25) is 0 Å². The van der Waals surface area contributed by atoms with Gasteiger partial charge in [-0.2, -0.15) is 0 Å². The fourth-order valence-corrected chi connectivity index (χ4v) is 2.23. The Hall–Kier alpha value is -2.20. The Bertz CT molecular complexity index is 552. The van der Waals surface area contributed by atoms with E-state index >= 15 is 0 Å². The summed E-state index contributed by atoms with van der Waals surface area (Å²) in [5.41, 5.74) is 7.77. The van der Waals surface area contributed by atoms with E-state index in [4.69, 9.17) is 15.2 Å². The highest BCUT2D eigenvalue weighted by Gasteiger charge is 2.03. The third-order valence-electron chi connectivity index (χ3n) is 3.44. The van der Waals surface area contributed by atoms with Crippen molar-refractivity contribution in [2.45, 2.75) is 19.4 Å². The molecular weight excluding hydrogens is 276 g/mol. The molecule has 0 aromatic heterocycles. The van der Waals surface area contributed by atoms with Crippen molar-refractivity contribution in [2.24, 2.45) is 0 Å². The Balaban J connectivity index is 1.66. The molecule has 0 saturated heterocycles. The van der Waals surface area contributed by atoms with Gasteiger partial charge in [0, 0.05) is 18.3 Å². The molecular formula is C18H24N2O2. The first-order valence-electron chi connectivity index (χ1n) is 7.52. The summed E-state index contributed by atoms with van der Waals surface area (Å²) in [4.78, 5) is 0. The molecule has 0 amide bonds. The summed E-state index contributed by atoms with van der Waals surface area (Å²) in [7, 11) is 1.66. The van der Waals surface area contributed by atoms with Crippen LogP contribution >= 0.6 is 0 Å². The van der Waals surface area contributed by atoms with Crippen LogP contribution in [0.2, 0.25) is 0 Å². The van der Waals surface area contributed by atoms with Gasteiger partial charge in [0.25, 0.3) is 0 Å². The molecule has 0 aliphatic rings. The van der Waals surface area contributed by atoms with Gasteiger partial charge in [-0.3, -0.25) is 0 Å². The Morgan fingerprint density at radius 3 is 2.27 bits per heavy atom. The third kappa shape index (κ3) is 5.30. The van der Waals surface area contributed by atoms with E-state index in [0.29, 0.717) is 12.6 Å². The average molecular weight is 300 g/mol. The Morgan fingerprint density at radius 1 is 1.00 bits per heavy atom. The number of ether oxygens (including phenoxy) is 2. The Kier molecular flexibility index (Phi) is 6.10. The largest absolute Gasteiger partial charge is 0.497 e. The molecule has 4 heteroatoms. The van der Waals surface area contributed by atoms with Gasteiger partial charge in [0.05, 0.1) is 7.11 Å². The third-order valence-corrected chi connectivity index (χ3v) is 3.44. The van der Waals surface area contributed by atoms with Crippen LogP contribution in [0.25, 0.3) is 0 Å². The summed E-state index contributed by atoms with van der Waals surface area (Å²) in [6.45, 7) is 3.62. The van der Waals surface area contributed by atoms with E-state index in [2.05, 4.69) is 24.4 Å². The molecule has 0 aliphatic heterocycles. The van der Waals surface area contributed by atoms with Crippen molar-refractivity contribution in [3.63, 3.8) is 0 Å². The highest BCUT2D eigenvalue weighted by Crippen LogP contribution is 2.16. The molecule has 0 saturated carbocycles. The number of hydrogen-bond donors (Lipinski definition) is 2. The highest BCUT2D eigenvalue weighted by molar-refractivity contribution is 5.39. The van der Waals surface area contributed by atoms with E-state index < -0.39 is 0 Å². The molecule has 2 rings (SSSR count). The minimum absolute atomic E-state index is 0.392. The fourth-order valence-electron chi connectivity index (χ4n) is 2.23. The molecule has 0 spiro atoms. The highest BCUT2D eigenvalue weighted by atomic mass is 16.5. The summed E-state index contributed by atoms with van der Waals surface area (Å²) < 4.78 is 10.8. The lowest BCUT2D eigenvalue weighted by molar-refractivity contribution is 0.306. The number of anilines is 1. The molecule has 2 aromatic rings. The standard InChI is InChI=1S/C18H24N2O2/c1-14(13-15-3-5-16(19)6-4-15)20-11-12-22-18-9-7-17(21-2)8-10-18/h3-10,14,20H,11-13,19H2,1-2H3. The molecule has 4 nitrogen and oxygen atoms in total. The van der Waals surface area contributed by atoms with E-state index in [1.807, 2.05) is 36.4 Å². The number of nitrogens with one attached hydrogen (secondary N) is 1. The molecule has 0 aliphatic carbocycles. The fraction of sp³-hybridized carbons (Fsp3) is 0.333. The lowest BCUT2D eigenvalue weighted by Gasteiger charge is -2.14. The van der Waals surface area contributed by atoms with Crippen LogP contribution in [0.4, 0.5) is 5.69 Å². The van der Waals surface area contributed by atoms with E-state index in [0.717, 1.165) is 30.2 Å². The maximum atomic E-state index is 5.69. The van der Waals surface area contributed by atoms with Gasteiger partial charge < -0.3 is 20.5 Å². The van der Waals surface area contributed by atoms with Crippen LogP contribution < -0.4 is 20.5 Å². The number of rotatable bonds is 8. The number of methoxy groups -OCH3 is 1. The number of nitrogens with two attached hydrogens (primary N) is 1. The maximum absolute atomic E-state index is 5.69. The summed E-state index contributed by atoms with van der Waals surface area (Å²) in [6, 6.07) is 16.0. The van der Waals surface area contributed by atoms with Crippen LogP contribution in [0.15, 0.2) is 48.5 Å². The first kappa shape index (κ1) is 16.2. The van der Waals surface area contributed by atoms with Gasteiger partial charge in [0.1, 0.15) is 18.1 Å². The van der Waals surface area contributed by atoms with Gasteiger partial charge in [-0.25, -0.2) is 0 Å². The zero-order valence-corrected chi connectivity index (χ0v) is 13.2. The minimum Gasteiger partial charge on any atom is -0.497 e. The zero-order valence-electron chi connectivity index (χ0n) is 13.2. The molecule has 22 heavy (non-hydrogen) atoms. The van der Waals surface area contributed by atoms with E-state index in [1.165, 1.54) is 5.56 Å². The van der Waals surface area contributed by atoms with E-state index in [9.17, 15) is 0 Å². The summed E-state index contributed by atoms with van der Waals surface area (Å²) in [5.74, 6) is 1.69. The summed E-state index contributed by atoms with van der Waals surface area (Å²) in [6.07, 6.45) is 0.975. The van der Waals surface area contributed by atoms with Crippen molar-refractivity contribution in [3.05, 3.63) is 54.1 Å². The molecule has 0 fully saturated rings. The molecule has 3 N–H and O–H groups in total. The zero-order chi connectivity index (χ0) is 15.8. The lowest BCUT2D eigenvalue weighted by atomic mass is 10.1. The van der Waals surface area contributed by atoms with Crippen molar-refractivity contribution in [2.75, 3.05) is 26.0 Å². The molecule has 1 atom stereocenters. The second kappa shape index (κ2) is 8.29. The smallest absolute Gasteiger partial charge is 0.119 e. The van der Waals surface area contributed by atoms with Gasteiger partial charge in [-0.1, -0.05) is 12.1 Å². The van der Waals surface area contributed by atoms with Gasteiger partial charge >= 0.3 is 0 Å². The molecule has 0 radical (unpaired) electrons. The number of nitrogen functional groups attached to an aromatic ring is 1. The van der Waals surface area contributed by atoms with Crippen molar-refractivity contribution in [1.82, 2.24) is 5.32 Å². The van der Waals surface area contributed by atoms with Crippen molar-refractivity contribution >= 4 is 5.69 Å². The van der Waals surface area contributed by atoms with Gasteiger partial charge in [-0.15, -0.1) is 0 Å². The second-order valence-electron chi connectivity index (χ2n) is 5.32. The number of benzene rings is 2. The molecule has 0 bridgehead atoms. The summed E-state index contributed by atoms with van der Waals surface area (Å²) in [5, 5.41) is 3.46. The first-order chi connectivity index (χ1) is 10.7. The lowest BCUT2D eigenvalue weighted by Crippen LogP contribution is -2.31. The first-order valence-corrected chi connectivity index (χ1v) is 7.52. The molecule has 2 aromatic carbocycles. The van der Waals surface area contributed by atoms with E-state index in [1.54, 1.807) is 7.11 Å². The van der Waals surface area contributed by atoms with E-state index in [-0.39, 0.29) is 0 Å². The average Bonchev–Trinajstić information content (AvgIpc) is 2.54. The van der Waals surface area contributed by atoms with Crippen molar-refractivity contribution in [1.29, 1.82) is 0 Å².